The fourth-order valence-corrected chi connectivity index (χ4v) is 1.77. The third-order valence-electron chi connectivity index (χ3n) is 2.66. The molecule has 0 aliphatic carbocycles. The minimum absolute atomic E-state index is 0.00481. The van der Waals surface area contributed by atoms with Crippen molar-refractivity contribution in [2.24, 2.45) is 0 Å². The molecule has 0 aliphatic heterocycles. The molecule has 0 radical (unpaired) electrons. The van der Waals surface area contributed by atoms with Gasteiger partial charge in [0.15, 0.2) is 5.78 Å². The highest BCUT2D eigenvalue weighted by Crippen LogP contribution is 2.19. The highest BCUT2D eigenvalue weighted by atomic mass is 16.1. The highest BCUT2D eigenvalue weighted by Gasteiger charge is 2.10. The van der Waals surface area contributed by atoms with E-state index in [1.807, 2.05) is 24.3 Å². The third-order valence-corrected chi connectivity index (χ3v) is 2.66. The van der Waals surface area contributed by atoms with Crippen molar-refractivity contribution < 1.29 is 4.79 Å². The van der Waals surface area contributed by atoms with Crippen molar-refractivity contribution in [3.8, 4) is 0 Å². The van der Waals surface area contributed by atoms with Gasteiger partial charge in [0, 0.05) is 5.56 Å². The van der Waals surface area contributed by atoms with E-state index < -0.39 is 0 Å². The van der Waals surface area contributed by atoms with Crippen LogP contribution in [0.3, 0.4) is 0 Å². The number of benzene rings is 1. The standard InChI is InChI=1S/C15H18O/c1-4-7-10-13-12(5-2)9-8-11-14(13)15(16)6-3/h5-6,8-9,11H,2-4,7,10H2,1H3. The average Bonchev–Trinajstić information content (AvgIpc) is 2.34. The van der Waals surface area contributed by atoms with Crippen LogP contribution in [-0.2, 0) is 6.42 Å². The zero-order valence-corrected chi connectivity index (χ0v) is 9.83. The first kappa shape index (κ1) is 12.4. The summed E-state index contributed by atoms with van der Waals surface area (Å²) in [5, 5.41) is 0. The molecule has 0 amide bonds. The Hall–Kier alpha value is -1.63. The maximum atomic E-state index is 11.7. The number of carbonyl (C=O) groups excluding carboxylic acids is 1. The molecule has 0 N–H and O–H groups in total. The number of allylic oxidation sites excluding steroid dienone is 1. The zero-order chi connectivity index (χ0) is 12.0. The Kier molecular flexibility index (Phi) is 4.71. The van der Waals surface area contributed by atoms with Gasteiger partial charge < -0.3 is 0 Å². The molecular formula is C15H18O. The number of ketones is 1. The number of hydrogen-bond acceptors (Lipinski definition) is 1. The lowest BCUT2D eigenvalue weighted by Gasteiger charge is -2.10. The van der Waals surface area contributed by atoms with Gasteiger partial charge >= 0.3 is 0 Å². The molecule has 0 unspecified atom stereocenters. The van der Waals surface area contributed by atoms with Gasteiger partial charge in [-0.15, -0.1) is 0 Å². The van der Waals surface area contributed by atoms with Gasteiger partial charge in [-0.25, -0.2) is 0 Å². The van der Waals surface area contributed by atoms with Crippen molar-refractivity contribution in [2.45, 2.75) is 26.2 Å². The predicted molar refractivity (Wildman–Crippen MR) is 69.7 cm³/mol. The van der Waals surface area contributed by atoms with E-state index in [2.05, 4.69) is 20.1 Å². The van der Waals surface area contributed by atoms with E-state index in [1.54, 1.807) is 0 Å². The van der Waals surface area contributed by atoms with Crippen LogP contribution in [0.4, 0.5) is 0 Å². The minimum Gasteiger partial charge on any atom is -0.289 e. The Bertz CT molecular complexity index is 402. The van der Waals surface area contributed by atoms with Crippen LogP contribution in [0.15, 0.2) is 37.4 Å². The summed E-state index contributed by atoms with van der Waals surface area (Å²) in [6.07, 6.45) is 6.31. The van der Waals surface area contributed by atoms with E-state index in [-0.39, 0.29) is 5.78 Å². The second kappa shape index (κ2) is 6.06. The molecule has 84 valence electrons. The van der Waals surface area contributed by atoms with Gasteiger partial charge in [-0.3, -0.25) is 4.79 Å². The predicted octanol–water partition coefficient (Wildman–Crippen LogP) is 4.04. The molecule has 0 bridgehead atoms. The van der Waals surface area contributed by atoms with Crippen LogP contribution >= 0.6 is 0 Å². The number of carbonyl (C=O) groups is 1. The summed E-state index contributed by atoms with van der Waals surface area (Å²) < 4.78 is 0. The van der Waals surface area contributed by atoms with Gasteiger partial charge in [-0.2, -0.15) is 0 Å². The van der Waals surface area contributed by atoms with Crippen molar-refractivity contribution in [3.05, 3.63) is 54.1 Å². The van der Waals surface area contributed by atoms with Crippen LogP contribution in [0.25, 0.3) is 6.08 Å². The molecule has 0 aromatic heterocycles. The lowest BCUT2D eigenvalue weighted by atomic mass is 9.94. The van der Waals surface area contributed by atoms with Crippen LogP contribution in [0.2, 0.25) is 0 Å². The molecule has 0 atom stereocenters. The Morgan fingerprint density at radius 1 is 1.38 bits per heavy atom. The number of rotatable bonds is 6. The largest absolute Gasteiger partial charge is 0.289 e. The van der Waals surface area contributed by atoms with Crippen LogP contribution in [0.5, 0.6) is 0 Å². The molecule has 0 saturated carbocycles. The summed E-state index contributed by atoms with van der Waals surface area (Å²) in [5.74, 6) is -0.00481. The normalized spacial score (nSPS) is 9.81. The van der Waals surface area contributed by atoms with Gasteiger partial charge in [0.2, 0.25) is 0 Å². The summed E-state index contributed by atoms with van der Waals surface area (Å²) >= 11 is 0. The van der Waals surface area contributed by atoms with E-state index in [0.717, 1.165) is 36.0 Å². The van der Waals surface area contributed by atoms with Crippen LogP contribution in [-0.4, -0.2) is 5.78 Å². The van der Waals surface area contributed by atoms with Crippen LogP contribution in [0, 0.1) is 0 Å². The quantitative estimate of drug-likeness (QED) is 0.516. The van der Waals surface area contributed by atoms with E-state index in [1.165, 1.54) is 6.08 Å². The molecule has 1 aromatic carbocycles. The summed E-state index contributed by atoms with van der Waals surface area (Å²) in [4.78, 5) is 11.7. The molecule has 1 aromatic rings. The Balaban J connectivity index is 3.19. The van der Waals surface area contributed by atoms with Crippen molar-refractivity contribution in [3.63, 3.8) is 0 Å². The van der Waals surface area contributed by atoms with Crippen molar-refractivity contribution in [1.29, 1.82) is 0 Å². The first-order valence-electron chi connectivity index (χ1n) is 5.65. The SMILES string of the molecule is C=CC(=O)c1cccc(C=C)c1CCCC. The Labute approximate surface area is 97.5 Å². The second-order valence-electron chi connectivity index (χ2n) is 3.75. The van der Waals surface area contributed by atoms with Crippen molar-refractivity contribution in [1.82, 2.24) is 0 Å². The fourth-order valence-electron chi connectivity index (χ4n) is 1.77. The Morgan fingerprint density at radius 2 is 2.12 bits per heavy atom. The molecule has 1 nitrogen and oxygen atoms in total. The van der Waals surface area contributed by atoms with E-state index in [4.69, 9.17) is 0 Å². The summed E-state index contributed by atoms with van der Waals surface area (Å²) in [7, 11) is 0. The van der Waals surface area contributed by atoms with Gasteiger partial charge in [0.25, 0.3) is 0 Å². The number of hydrogen-bond donors (Lipinski definition) is 0. The first-order chi connectivity index (χ1) is 7.74. The maximum Gasteiger partial charge on any atom is 0.185 e. The first-order valence-corrected chi connectivity index (χ1v) is 5.65. The molecule has 1 rings (SSSR count). The minimum atomic E-state index is -0.00481. The summed E-state index contributed by atoms with van der Waals surface area (Å²) in [6, 6.07) is 5.75. The maximum absolute atomic E-state index is 11.7. The van der Waals surface area contributed by atoms with E-state index in [9.17, 15) is 4.79 Å². The topological polar surface area (TPSA) is 17.1 Å². The lowest BCUT2D eigenvalue weighted by molar-refractivity contribution is 0.104. The average molecular weight is 214 g/mol. The summed E-state index contributed by atoms with van der Waals surface area (Å²) in [6.45, 7) is 9.47. The van der Waals surface area contributed by atoms with Crippen LogP contribution in [0.1, 0.15) is 41.3 Å². The highest BCUT2D eigenvalue weighted by molar-refractivity contribution is 6.05. The molecule has 0 fully saturated rings. The summed E-state index contributed by atoms with van der Waals surface area (Å²) in [5.41, 5.74) is 2.92. The second-order valence-corrected chi connectivity index (χ2v) is 3.75. The molecule has 0 saturated heterocycles. The van der Waals surface area contributed by atoms with Crippen molar-refractivity contribution in [2.75, 3.05) is 0 Å². The number of unbranched alkanes of at least 4 members (excludes halogenated alkanes) is 1. The van der Waals surface area contributed by atoms with Gasteiger partial charge in [-0.1, -0.05) is 50.8 Å². The zero-order valence-electron chi connectivity index (χ0n) is 9.83. The molecule has 1 heteroatoms. The van der Waals surface area contributed by atoms with E-state index in [0.29, 0.717) is 0 Å². The molecule has 0 heterocycles. The van der Waals surface area contributed by atoms with Crippen molar-refractivity contribution >= 4 is 11.9 Å². The van der Waals surface area contributed by atoms with Gasteiger partial charge in [0.1, 0.15) is 0 Å². The smallest absolute Gasteiger partial charge is 0.185 e. The molecule has 0 spiro atoms. The van der Waals surface area contributed by atoms with Gasteiger partial charge in [-0.05, 0) is 30.0 Å². The molecule has 0 aliphatic rings. The molecule has 16 heavy (non-hydrogen) atoms. The molecular weight excluding hydrogens is 196 g/mol. The third kappa shape index (κ3) is 2.69. The monoisotopic (exact) mass is 214 g/mol. The lowest BCUT2D eigenvalue weighted by Crippen LogP contribution is -2.03. The fraction of sp³-hybridized carbons (Fsp3) is 0.267. The van der Waals surface area contributed by atoms with Gasteiger partial charge in [0.05, 0.1) is 0 Å². The van der Waals surface area contributed by atoms with E-state index >= 15 is 0 Å². The van der Waals surface area contributed by atoms with Crippen LogP contribution < -0.4 is 0 Å². The Morgan fingerprint density at radius 3 is 2.69 bits per heavy atom.